The van der Waals surface area contributed by atoms with Crippen LogP contribution in [0.25, 0.3) is 0 Å². The number of methoxy groups -OCH3 is 1. The molecule has 0 radical (unpaired) electrons. The molecule has 3 rings (SSSR count). The molecule has 1 heterocycles. The van der Waals surface area contributed by atoms with Crippen molar-refractivity contribution in [2.75, 3.05) is 7.11 Å². The molecular weight excluding hydrogens is 310 g/mol. The van der Waals surface area contributed by atoms with Crippen LogP contribution in [0, 0.1) is 10.1 Å². The highest BCUT2D eigenvalue weighted by molar-refractivity contribution is 7.99. The lowest BCUT2D eigenvalue weighted by Gasteiger charge is -2.07. The summed E-state index contributed by atoms with van der Waals surface area (Å²) >= 11 is 1.18. The van der Waals surface area contributed by atoms with Gasteiger partial charge in [0.25, 0.3) is 5.69 Å². The molecule has 1 aromatic carbocycles. The van der Waals surface area contributed by atoms with Crippen LogP contribution >= 0.6 is 11.8 Å². The molecule has 114 valence electrons. The van der Waals surface area contributed by atoms with Crippen LogP contribution in [0.3, 0.4) is 0 Å². The number of ether oxygens (including phenoxy) is 1. The van der Waals surface area contributed by atoms with Gasteiger partial charge in [0.1, 0.15) is 0 Å². The first kappa shape index (κ1) is 14.4. The third-order valence-electron chi connectivity index (χ3n) is 3.14. The molecule has 2 aromatic rings. The van der Waals surface area contributed by atoms with Gasteiger partial charge in [-0.1, -0.05) is 0 Å². The van der Waals surface area contributed by atoms with E-state index in [1.54, 1.807) is 4.68 Å². The normalized spacial score (nSPS) is 13.9. The molecule has 10 heteroatoms. The molecule has 1 saturated carbocycles. The molecule has 0 bridgehead atoms. The fourth-order valence-corrected chi connectivity index (χ4v) is 2.83. The van der Waals surface area contributed by atoms with E-state index in [2.05, 4.69) is 20.3 Å². The summed E-state index contributed by atoms with van der Waals surface area (Å²) in [6.07, 6.45) is 2.03. The predicted molar refractivity (Wildman–Crippen MR) is 74.6 cm³/mol. The van der Waals surface area contributed by atoms with Gasteiger partial charge in [-0.15, -0.1) is 5.10 Å². The Balaban J connectivity index is 1.96. The van der Waals surface area contributed by atoms with E-state index in [1.165, 1.54) is 37.1 Å². The second-order valence-electron chi connectivity index (χ2n) is 4.67. The second kappa shape index (κ2) is 5.72. The van der Waals surface area contributed by atoms with Gasteiger partial charge in [0, 0.05) is 17.0 Å². The number of rotatable bonds is 5. The van der Waals surface area contributed by atoms with E-state index in [4.69, 9.17) is 0 Å². The monoisotopic (exact) mass is 321 g/mol. The minimum Gasteiger partial charge on any atom is -0.465 e. The van der Waals surface area contributed by atoms with E-state index in [-0.39, 0.29) is 17.3 Å². The highest BCUT2D eigenvalue weighted by Crippen LogP contribution is 2.39. The first-order chi connectivity index (χ1) is 10.6. The molecule has 0 aliphatic heterocycles. The van der Waals surface area contributed by atoms with Crippen molar-refractivity contribution in [2.24, 2.45) is 0 Å². The van der Waals surface area contributed by atoms with Crippen LogP contribution < -0.4 is 0 Å². The highest BCUT2D eigenvalue weighted by atomic mass is 32.2. The van der Waals surface area contributed by atoms with E-state index in [9.17, 15) is 14.9 Å². The average Bonchev–Trinajstić information content (AvgIpc) is 3.26. The van der Waals surface area contributed by atoms with Crippen LogP contribution in [-0.4, -0.2) is 38.2 Å². The fraction of sp³-hybridized carbons (Fsp3) is 0.333. The van der Waals surface area contributed by atoms with Crippen LogP contribution in [0.4, 0.5) is 5.69 Å². The number of carbonyl (C=O) groups excluding carboxylic acids is 1. The minimum atomic E-state index is -0.642. The van der Waals surface area contributed by atoms with Crippen molar-refractivity contribution in [1.29, 1.82) is 0 Å². The maximum atomic E-state index is 11.9. The van der Waals surface area contributed by atoms with E-state index < -0.39 is 10.9 Å². The SMILES string of the molecule is COC(=O)c1cc([N+](=O)[O-])ccc1Sc1nnnn1C1CC1. The minimum absolute atomic E-state index is 0.118. The van der Waals surface area contributed by atoms with Crippen molar-refractivity contribution in [3.8, 4) is 0 Å². The third kappa shape index (κ3) is 2.77. The summed E-state index contributed by atoms with van der Waals surface area (Å²) in [4.78, 5) is 22.7. The number of esters is 1. The number of non-ortho nitro benzene ring substituents is 1. The topological polar surface area (TPSA) is 113 Å². The quantitative estimate of drug-likeness (QED) is 0.466. The maximum Gasteiger partial charge on any atom is 0.339 e. The number of nitro benzene ring substituents is 1. The number of nitro groups is 1. The lowest BCUT2D eigenvalue weighted by molar-refractivity contribution is -0.384. The Labute approximate surface area is 128 Å². The van der Waals surface area contributed by atoms with Crippen LogP contribution in [0.2, 0.25) is 0 Å². The van der Waals surface area contributed by atoms with Crippen molar-refractivity contribution >= 4 is 23.4 Å². The summed E-state index contributed by atoms with van der Waals surface area (Å²) in [5, 5.41) is 22.9. The van der Waals surface area contributed by atoms with Gasteiger partial charge in [0.05, 0.1) is 23.6 Å². The predicted octanol–water partition coefficient (Wildman–Crippen LogP) is 1.85. The number of hydrogen-bond acceptors (Lipinski definition) is 8. The zero-order valence-electron chi connectivity index (χ0n) is 11.5. The van der Waals surface area contributed by atoms with E-state index >= 15 is 0 Å². The molecule has 0 unspecified atom stereocenters. The molecule has 1 aliphatic rings. The van der Waals surface area contributed by atoms with Gasteiger partial charge in [-0.25, -0.2) is 9.48 Å². The Morgan fingerprint density at radius 1 is 1.50 bits per heavy atom. The van der Waals surface area contributed by atoms with Gasteiger partial charge >= 0.3 is 5.97 Å². The van der Waals surface area contributed by atoms with Gasteiger partial charge in [-0.2, -0.15) is 0 Å². The highest BCUT2D eigenvalue weighted by Gasteiger charge is 2.29. The third-order valence-corrected chi connectivity index (χ3v) is 4.16. The first-order valence-electron chi connectivity index (χ1n) is 6.42. The number of carbonyl (C=O) groups is 1. The Kier molecular flexibility index (Phi) is 3.75. The average molecular weight is 321 g/mol. The molecule has 0 saturated heterocycles. The molecule has 0 spiro atoms. The Bertz CT molecular complexity index is 743. The Morgan fingerprint density at radius 2 is 2.27 bits per heavy atom. The van der Waals surface area contributed by atoms with Gasteiger partial charge in [0.2, 0.25) is 5.16 Å². The first-order valence-corrected chi connectivity index (χ1v) is 7.24. The summed E-state index contributed by atoms with van der Waals surface area (Å²) in [7, 11) is 1.23. The molecule has 1 aliphatic carbocycles. The van der Waals surface area contributed by atoms with Crippen LogP contribution in [-0.2, 0) is 4.74 Å². The van der Waals surface area contributed by atoms with E-state index in [0.29, 0.717) is 10.1 Å². The van der Waals surface area contributed by atoms with Gasteiger partial charge in [-0.3, -0.25) is 10.1 Å². The molecule has 0 atom stereocenters. The Hall–Kier alpha value is -2.49. The molecule has 1 aromatic heterocycles. The molecule has 9 nitrogen and oxygen atoms in total. The number of tetrazole rings is 1. The molecule has 1 fully saturated rings. The van der Waals surface area contributed by atoms with Crippen molar-refractivity contribution in [2.45, 2.75) is 28.9 Å². The summed E-state index contributed by atoms with van der Waals surface area (Å²) in [6, 6.07) is 4.32. The van der Waals surface area contributed by atoms with Gasteiger partial charge in [0.15, 0.2) is 0 Å². The zero-order valence-corrected chi connectivity index (χ0v) is 12.3. The summed E-state index contributed by atoms with van der Waals surface area (Å²) in [5.74, 6) is -0.642. The van der Waals surface area contributed by atoms with Crippen molar-refractivity contribution in [1.82, 2.24) is 20.2 Å². The molecule has 0 N–H and O–H groups in total. The van der Waals surface area contributed by atoms with Crippen molar-refractivity contribution < 1.29 is 14.5 Å². The standard InChI is InChI=1S/C12H11N5O4S/c1-21-11(18)9-6-8(17(19)20)4-5-10(9)22-12-13-14-15-16(12)7-2-3-7/h4-7H,2-3H2,1H3. The molecule has 0 amide bonds. The largest absolute Gasteiger partial charge is 0.465 e. The molecular formula is C12H11N5O4S. The number of nitrogens with zero attached hydrogens (tertiary/aromatic N) is 5. The van der Waals surface area contributed by atoms with Crippen molar-refractivity contribution in [3.63, 3.8) is 0 Å². The smallest absolute Gasteiger partial charge is 0.339 e. The lowest BCUT2D eigenvalue weighted by atomic mass is 10.2. The number of benzene rings is 1. The molecule has 22 heavy (non-hydrogen) atoms. The lowest BCUT2D eigenvalue weighted by Crippen LogP contribution is -2.05. The fourth-order valence-electron chi connectivity index (χ4n) is 1.89. The number of aromatic nitrogens is 4. The van der Waals surface area contributed by atoms with E-state index in [1.807, 2.05) is 0 Å². The zero-order chi connectivity index (χ0) is 15.7. The Morgan fingerprint density at radius 3 is 2.91 bits per heavy atom. The van der Waals surface area contributed by atoms with Crippen LogP contribution in [0.15, 0.2) is 28.3 Å². The summed E-state index contributed by atoms with van der Waals surface area (Å²) < 4.78 is 6.39. The van der Waals surface area contributed by atoms with E-state index in [0.717, 1.165) is 12.8 Å². The van der Waals surface area contributed by atoms with Crippen molar-refractivity contribution in [3.05, 3.63) is 33.9 Å². The second-order valence-corrected chi connectivity index (χ2v) is 5.68. The van der Waals surface area contributed by atoms with Gasteiger partial charge in [-0.05, 0) is 41.1 Å². The summed E-state index contributed by atoms with van der Waals surface area (Å²) in [5.41, 5.74) is -0.0569. The van der Waals surface area contributed by atoms with Gasteiger partial charge < -0.3 is 4.74 Å². The summed E-state index contributed by atoms with van der Waals surface area (Å²) in [6.45, 7) is 0. The van der Waals surface area contributed by atoms with Crippen LogP contribution in [0.1, 0.15) is 29.2 Å². The number of hydrogen-bond donors (Lipinski definition) is 0. The van der Waals surface area contributed by atoms with Crippen LogP contribution in [0.5, 0.6) is 0 Å². The maximum absolute atomic E-state index is 11.9.